The highest BCUT2D eigenvalue weighted by Crippen LogP contribution is 2.38. The summed E-state index contributed by atoms with van der Waals surface area (Å²) >= 11 is 0. The second-order valence-corrected chi connectivity index (χ2v) is 10.1. The molecule has 0 saturated carbocycles. The second-order valence-electron chi connectivity index (χ2n) is 10.1. The number of hydrogen-bond acceptors (Lipinski definition) is 9. The molecule has 0 amide bonds. The smallest absolute Gasteiger partial charge is 0.377 e. The monoisotopic (exact) mass is 580 g/mol. The van der Waals surface area contributed by atoms with Crippen molar-refractivity contribution in [3.8, 4) is 0 Å². The van der Waals surface area contributed by atoms with Gasteiger partial charge < -0.3 is 19.8 Å². The number of rotatable bonds is 10. The molecular formula is C27H35F3N6O5. The Bertz CT molecular complexity index is 1360. The zero-order valence-electron chi connectivity index (χ0n) is 23.3. The average molecular weight is 581 g/mol. The summed E-state index contributed by atoms with van der Waals surface area (Å²) in [5, 5.41) is 3.93. The fourth-order valence-electron chi connectivity index (χ4n) is 4.84. The third kappa shape index (κ3) is 6.82. The van der Waals surface area contributed by atoms with Crippen LogP contribution in [0.3, 0.4) is 0 Å². The van der Waals surface area contributed by atoms with E-state index in [1.165, 1.54) is 7.05 Å². The van der Waals surface area contributed by atoms with Crippen molar-refractivity contribution < 1.29 is 27.5 Å². The highest BCUT2D eigenvalue weighted by atomic mass is 19.4. The van der Waals surface area contributed by atoms with Gasteiger partial charge in [0.05, 0.1) is 6.61 Å². The second kappa shape index (κ2) is 12.9. The first kappa shape index (κ1) is 30.3. The van der Waals surface area contributed by atoms with Gasteiger partial charge in [0, 0.05) is 52.9 Å². The molecule has 41 heavy (non-hydrogen) atoms. The van der Waals surface area contributed by atoms with Crippen molar-refractivity contribution >= 4 is 17.5 Å². The predicted molar refractivity (Wildman–Crippen MR) is 146 cm³/mol. The van der Waals surface area contributed by atoms with Crippen molar-refractivity contribution in [1.82, 2.24) is 19.4 Å². The Kier molecular flexibility index (Phi) is 9.56. The largest absolute Gasteiger partial charge is 0.493 e. The Hall–Kier alpha value is -3.62. The number of alkyl halides is 3. The van der Waals surface area contributed by atoms with Crippen LogP contribution < -0.4 is 26.5 Å². The quantitative estimate of drug-likeness (QED) is 0.334. The number of hydrogen-bond donors (Lipinski definition) is 1. The fraction of sp³-hybridized carbons (Fsp3) is 0.519. The molecular weight excluding hydrogens is 545 g/mol. The van der Waals surface area contributed by atoms with Gasteiger partial charge in [-0.15, -0.1) is 5.06 Å². The van der Waals surface area contributed by atoms with E-state index in [4.69, 9.17) is 9.57 Å². The summed E-state index contributed by atoms with van der Waals surface area (Å²) in [6.07, 6.45) is -4.18. The minimum absolute atomic E-state index is 0.0201. The maximum Gasteiger partial charge on any atom is 0.493 e. The number of halogens is 3. The lowest BCUT2D eigenvalue weighted by Crippen LogP contribution is -2.61. The van der Waals surface area contributed by atoms with Crippen LogP contribution in [0.25, 0.3) is 0 Å². The van der Waals surface area contributed by atoms with Gasteiger partial charge in [0.1, 0.15) is 0 Å². The number of allylic oxidation sites excluding steroid dienone is 1. The van der Waals surface area contributed by atoms with Gasteiger partial charge in [-0.2, -0.15) is 13.2 Å². The predicted octanol–water partition coefficient (Wildman–Crippen LogP) is 1.96. The van der Waals surface area contributed by atoms with E-state index >= 15 is 0 Å². The molecule has 2 aliphatic heterocycles. The number of piperazine rings is 1. The summed E-state index contributed by atoms with van der Waals surface area (Å²) < 4.78 is 47.8. The molecule has 14 heteroatoms. The van der Waals surface area contributed by atoms with Gasteiger partial charge in [-0.25, -0.2) is 9.59 Å². The molecule has 224 valence electrons. The molecule has 0 radical (unpaired) electrons. The molecule has 1 saturated heterocycles. The molecule has 2 aliphatic rings. The van der Waals surface area contributed by atoms with Crippen molar-refractivity contribution in [2.24, 2.45) is 7.05 Å². The number of hydroxylamine groups is 1. The van der Waals surface area contributed by atoms with Gasteiger partial charge in [-0.3, -0.25) is 18.8 Å². The Morgan fingerprint density at radius 2 is 1.80 bits per heavy atom. The van der Waals surface area contributed by atoms with Crippen LogP contribution in [0.2, 0.25) is 0 Å². The molecule has 4 rings (SSSR count). The van der Waals surface area contributed by atoms with Gasteiger partial charge in [-0.05, 0) is 25.8 Å². The summed E-state index contributed by atoms with van der Waals surface area (Å²) in [5.41, 5.74) is 0.456. The first-order valence-electron chi connectivity index (χ1n) is 13.4. The Morgan fingerprint density at radius 3 is 2.44 bits per heavy atom. The molecule has 1 aromatic carbocycles. The molecule has 1 fully saturated rings. The minimum atomic E-state index is -5.28. The van der Waals surface area contributed by atoms with Crippen molar-refractivity contribution in [3.63, 3.8) is 0 Å². The van der Waals surface area contributed by atoms with E-state index in [0.717, 1.165) is 25.3 Å². The van der Waals surface area contributed by atoms with Crippen molar-refractivity contribution in [3.05, 3.63) is 68.4 Å². The van der Waals surface area contributed by atoms with Crippen LogP contribution in [-0.2, 0) is 34.6 Å². The molecule has 1 unspecified atom stereocenters. The number of ether oxygens (including phenoxy) is 1. The number of benzene rings is 1. The van der Waals surface area contributed by atoms with Crippen molar-refractivity contribution in [2.75, 3.05) is 49.3 Å². The van der Waals surface area contributed by atoms with Gasteiger partial charge in [0.15, 0.2) is 17.8 Å². The van der Waals surface area contributed by atoms with Crippen molar-refractivity contribution in [1.29, 1.82) is 0 Å². The maximum absolute atomic E-state index is 13.9. The SMILES string of the molecule is CC(C)=CCN1c2c(n(C)c(=O)n(CCCOCc3ccccc3)c2=O)N(OC(=O)C(F)(F)F)C1N1CCNCC1. The zero-order chi connectivity index (χ0) is 29.7. The van der Waals surface area contributed by atoms with Gasteiger partial charge in [0.2, 0.25) is 0 Å². The van der Waals surface area contributed by atoms with Crippen molar-refractivity contribution in [2.45, 2.75) is 45.9 Å². The van der Waals surface area contributed by atoms with Crippen LogP contribution in [0, 0.1) is 0 Å². The molecule has 1 N–H and O–H groups in total. The minimum Gasteiger partial charge on any atom is -0.377 e. The molecule has 1 atom stereocenters. The average Bonchev–Trinajstić information content (AvgIpc) is 3.26. The number of fused-ring (bicyclic) bond motifs is 1. The Balaban J connectivity index is 1.70. The Labute approximate surface area is 235 Å². The van der Waals surface area contributed by atoms with E-state index in [9.17, 15) is 27.6 Å². The van der Waals surface area contributed by atoms with E-state index in [2.05, 4.69) is 5.32 Å². The van der Waals surface area contributed by atoms with Gasteiger partial charge in [0.25, 0.3) is 5.56 Å². The normalized spacial score (nSPS) is 17.5. The lowest BCUT2D eigenvalue weighted by Gasteiger charge is -2.40. The summed E-state index contributed by atoms with van der Waals surface area (Å²) in [5.74, 6) is -2.65. The van der Waals surface area contributed by atoms with Crippen LogP contribution in [0.5, 0.6) is 0 Å². The van der Waals surface area contributed by atoms with Gasteiger partial charge in [-0.1, -0.05) is 42.0 Å². The van der Waals surface area contributed by atoms with Crippen LogP contribution in [-0.4, -0.2) is 71.8 Å². The number of aromatic nitrogens is 2. The lowest BCUT2D eigenvalue weighted by molar-refractivity contribution is -0.203. The molecule has 11 nitrogen and oxygen atoms in total. The van der Waals surface area contributed by atoms with E-state index in [1.807, 2.05) is 55.2 Å². The summed E-state index contributed by atoms with van der Waals surface area (Å²) in [6, 6.07) is 9.55. The zero-order valence-corrected chi connectivity index (χ0v) is 23.3. The fourth-order valence-corrected chi connectivity index (χ4v) is 4.84. The van der Waals surface area contributed by atoms with E-state index in [-0.39, 0.29) is 31.2 Å². The molecule has 0 bridgehead atoms. The first-order chi connectivity index (χ1) is 19.5. The highest BCUT2D eigenvalue weighted by Gasteiger charge is 2.50. The Morgan fingerprint density at radius 1 is 1.12 bits per heavy atom. The van der Waals surface area contributed by atoms with E-state index in [0.29, 0.717) is 39.2 Å². The standard InChI is InChI=1S/C27H35F3N6O5/c1-19(2)10-14-34-21-22(36(41-24(38)27(28,29)30)25(34)33-15-11-31-12-16-33)32(3)26(39)35(23(21)37)13-7-17-40-18-20-8-5-4-6-9-20/h4-6,8-10,25,31H,7,11-18H2,1-3H3. The van der Waals surface area contributed by atoms with Crippen LogP contribution in [0.4, 0.5) is 24.7 Å². The van der Waals surface area contributed by atoms with Crippen LogP contribution >= 0.6 is 0 Å². The van der Waals surface area contributed by atoms with Crippen LogP contribution in [0.1, 0.15) is 25.8 Å². The molecule has 2 aromatic rings. The molecule has 0 spiro atoms. The summed E-state index contributed by atoms with van der Waals surface area (Å²) in [7, 11) is 1.34. The number of anilines is 2. The van der Waals surface area contributed by atoms with E-state index < -0.39 is 29.7 Å². The lowest BCUT2D eigenvalue weighted by atomic mass is 10.2. The molecule has 0 aliphatic carbocycles. The number of carbonyl (C=O) groups is 1. The number of nitrogens with one attached hydrogen (secondary N) is 1. The number of carbonyl (C=O) groups excluding carboxylic acids is 1. The third-order valence-electron chi connectivity index (χ3n) is 6.85. The van der Waals surface area contributed by atoms with Crippen LogP contribution in [0.15, 0.2) is 51.6 Å². The summed E-state index contributed by atoms with van der Waals surface area (Å²) in [4.78, 5) is 47.6. The molecule has 1 aromatic heterocycles. The first-order valence-corrected chi connectivity index (χ1v) is 13.4. The maximum atomic E-state index is 13.9. The number of nitrogens with zero attached hydrogens (tertiary/aromatic N) is 5. The summed E-state index contributed by atoms with van der Waals surface area (Å²) in [6.45, 7) is 6.42. The topological polar surface area (TPSA) is 101 Å². The molecule has 3 heterocycles. The van der Waals surface area contributed by atoms with E-state index in [1.54, 1.807) is 4.90 Å². The highest BCUT2D eigenvalue weighted by molar-refractivity contribution is 5.80. The third-order valence-corrected chi connectivity index (χ3v) is 6.85. The van der Waals surface area contributed by atoms with Gasteiger partial charge >= 0.3 is 17.8 Å².